The van der Waals surface area contributed by atoms with Crippen LogP contribution in [-0.2, 0) is 6.54 Å². The number of rotatable bonds is 3. The second kappa shape index (κ2) is 4.91. The van der Waals surface area contributed by atoms with Gasteiger partial charge in [0.1, 0.15) is 23.5 Å². The predicted octanol–water partition coefficient (Wildman–Crippen LogP) is 2.64. The molecule has 0 atom stereocenters. The summed E-state index contributed by atoms with van der Waals surface area (Å²) in [6.45, 7) is 2.46. The van der Waals surface area contributed by atoms with E-state index in [1.54, 1.807) is 6.92 Å². The van der Waals surface area contributed by atoms with Gasteiger partial charge in [-0.1, -0.05) is 6.07 Å². The molecule has 0 radical (unpaired) electrons. The maximum atomic E-state index is 11.3. The Hall–Kier alpha value is -3.22. The van der Waals surface area contributed by atoms with Crippen molar-refractivity contribution in [2.75, 3.05) is 5.32 Å². The van der Waals surface area contributed by atoms with Crippen LogP contribution in [0.3, 0.4) is 0 Å². The van der Waals surface area contributed by atoms with Crippen LogP contribution in [0.4, 0.5) is 11.5 Å². The highest BCUT2D eigenvalue weighted by molar-refractivity contribution is 6.01. The van der Waals surface area contributed by atoms with Gasteiger partial charge in [0, 0.05) is 11.9 Å². The number of aromatic carboxylic acids is 1. The fraction of sp³-hybridized carbons (Fsp3) is 0.125. The summed E-state index contributed by atoms with van der Waals surface area (Å²) in [4.78, 5) is 26.7. The van der Waals surface area contributed by atoms with Crippen molar-refractivity contribution < 1.29 is 9.90 Å². The normalized spacial score (nSPS) is 12.6. The Bertz CT molecular complexity index is 974. The van der Waals surface area contributed by atoms with Gasteiger partial charge in [-0.05, 0) is 35.7 Å². The largest absolute Gasteiger partial charge is 0.477 e. The van der Waals surface area contributed by atoms with Crippen LogP contribution in [0.25, 0.3) is 11.0 Å². The van der Waals surface area contributed by atoms with Crippen molar-refractivity contribution in [3.05, 3.63) is 46.9 Å². The number of aromatic amines is 1. The summed E-state index contributed by atoms with van der Waals surface area (Å²) in [5.74, 6) is -0.439. The summed E-state index contributed by atoms with van der Waals surface area (Å²) in [5.41, 5.74) is 4.38. The van der Waals surface area contributed by atoms with Gasteiger partial charge in [-0.15, -0.1) is 0 Å². The van der Waals surface area contributed by atoms with Crippen molar-refractivity contribution in [1.82, 2.24) is 15.0 Å². The van der Waals surface area contributed by atoms with Gasteiger partial charge in [0.05, 0.1) is 11.9 Å². The Kier molecular flexibility index (Phi) is 2.87. The number of hydrogen-bond donors (Lipinski definition) is 3. The molecule has 4 rings (SSSR count). The molecular formula is C16H13N5O2. The Balaban J connectivity index is 1.80. The number of hydrogen-bond acceptors (Lipinski definition) is 5. The highest BCUT2D eigenvalue weighted by Crippen LogP contribution is 2.29. The molecule has 7 heteroatoms. The van der Waals surface area contributed by atoms with E-state index in [0.717, 1.165) is 11.3 Å². The molecule has 0 amide bonds. The number of carboxylic acids is 1. The predicted molar refractivity (Wildman–Crippen MR) is 86.6 cm³/mol. The summed E-state index contributed by atoms with van der Waals surface area (Å²) in [5, 5.41) is 13.2. The number of carboxylic acid groups (broad SMARTS) is 1. The number of anilines is 2. The average molecular weight is 307 g/mol. The fourth-order valence-corrected chi connectivity index (χ4v) is 2.80. The zero-order valence-electron chi connectivity index (χ0n) is 12.3. The second-order valence-corrected chi connectivity index (χ2v) is 5.38. The molecule has 0 saturated carbocycles. The molecule has 3 heterocycles. The van der Waals surface area contributed by atoms with Gasteiger partial charge in [0.2, 0.25) is 0 Å². The summed E-state index contributed by atoms with van der Waals surface area (Å²) in [7, 11) is 0. The molecule has 0 fully saturated rings. The minimum atomic E-state index is -1.01. The number of aliphatic imine (C=N–C) groups is 1. The van der Waals surface area contributed by atoms with Gasteiger partial charge in [-0.25, -0.2) is 14.8 Å². The van der Waals surface area contributed by atoms with Crippen molar-refractivity contribution in [2.45, 2.75) is 13.5 Å². The van der Waals surface area contributed by atoms with Crippen LogP contribution in [0.15, 0.2) is 29.5 Å². The molecule has 1 aliphatic rings. The van der Waals surface area contributed by atoms with Crippen LogP contribution in [0, 0.1) is 6.92 Å². The zero-order valence-corrected chi connectivity index (χ0v) is 12.3. The number of carbonyl (C=O) groups is 1. The molecular weight excluding hydrogens is 294 g/mol. The lowest BCUT2D eigenvalue weighted by atomic mass is 10.1. The lowest BCUT2D eigenvalue weighted by molar-refractivity contribution is 0.0690. The molecule has 3 aromatic rings. The summed E-state index contributed by atoms with van der Waals surface area (Å²) < 4.78 is 0. The average Bonchev–Trinajstić information content (AvgIpc) is 3.12. The lowest BCUT2D eigenvalue weighted by Crippen LogP contribution is -1.99. The summed E-state index contributed by atoms with van der Waals surface area (Å²) >= 11 is 0. The molecule has 0 unspecified atom stereocenters. The molecule has 0 bridgehead atoms. The molecule has 2 aromatic heterocycles. The van der Waals surface area contributed by atoms with Crippen molar-refractivity contribution in [3.8, 4) is 0 Å². The van der Waals surface area contributed by atoms with Crippen molar-refractivity contribution in [3.63, 3.8) is 0 Å². The van der Waals surface area contributed by atoms with E-state index in [1.807, 2.05) is 24.4 Å². The monoisotopic (exact) mass is 307 g/mol. The topological polar surface area (TPSA) is 103 Å². The molecule has 7 nitrogen and oxygen atoms in total. The first-order valence-electron chi connectivity index (χ1n) is 7.10. The summed E-state index contributed by atoms with van der Waals surface area (Å²) in [6, 6.07) is 5.98. The molecule has 0 spiro atoms. The maximum absolute atomic E-state index is 11.3. The number of benzene rings is 1. The number of aromatic nitrogens is 3. The van der Waals surface area contributed by atoms with E-state index >= 15 is 0 Å². The van der Waals surface area contributed by atoms with E-state index in [4.69, 9.17) is 0 Å². The smallest absolute Gasteiger partial charge is 0.352 e. The molecule has 1 aromatic carbocycles. The van der Waals surface area contributed by atoms with E-state index in [2.05, 4.69) is 25.3 Å². The third-order valence-corrected chi connectivity index (χ3v) is 3.96. The molecule has 0 saturated heterocycles. The summed E-state index contributed by atoms with van der Waals surface area (Å²) in [6.07, 6.45) is 3.25. The first kappa shape index (κ1) is 13.4. The third-order valence-electron chi connectivity index (χ3n) is 3.96. The van der Waals surface area contributed by atoms with E-state index < -0.39 is 5.97 Å². The quantitative estimate of drug-likeness (QED) is 0.690. The number of H-pyrrole nitrogens is 1. The van der Waals surface area contributed by atoms with Crippen LogP contribution < -0.4 is 5.32 Å². The Morgan fingerprint density at radius 2 is 2.22 bits per heavy atom. The Morgan fingerprint density at radius 1 is 1.35 bits per heavy atom. The maximum Gasteiger partial charge on any atom is 0.352 e. The van der Waals surface area contributed by atoms with Crippen LogP contribution >= 0.6 is 0 Å². The first-order chi connectivity index (χ1) is 11.1. The standard InChI is InChI=1S/C16H13N5O2/c1-8-12-14(18-7-19-15(12)21-13(8)16(22)23)20-11-3-2-9-5-17-6-10(9)4-11/h2-4,6-7H,5H2,1H3,(H,22,23)(H2,18,19,20,21). The van der Waals surface area contributed by atoms with E-state index in [0.29, 0.717) is 29.0 Å². The molecule has 0 aliphatic carbocycles. The number of nitrogens with zero attached hydrogens (tertiary/aromatic N) is 3. The van der Waals surface area contributed by atoms with Gasteiger partial charge in [0.15, 0.2) is 0 Å². The van der Waals surface area contributed by atoms with Crippen molar-refractivity contribution in [2.24, 2.45) is 4.99 Å². The Labute approximate surface area is 131 Å². The van der Waals surface area contributed by atoms with Crippen LogP contribution in [0.1, 0.15) is 27.2 Å². The molecule has 3 N–H and O–H groups in total. The molecule has 23 heavy (non-hydrogen) atoms. The SMILES string of the molecule is Cc1c(C(=O)O)[nH]c2ncnc(Nc3ccc4c(c3)C=NC4)c12. The van der Waals surface area contributed by atoms with Gasteiger partial charge in [-0.3, -0.25) is 4.99 Å². The van der Waals surface area contributed by atoms with Crippen molar-refractivity contribution >= 4 is 34.7 Å². The van der Waals surface area contributed by atoms with Gasteiger partial charge >= 0.3 is 5.97 Å². The van der Waals surface area contributed by atoms with Crippen LogP contribution in [0.5, 0.6) is 0 Å². The van der Waals surface area contributed by atoms with E-state index in [1.165, 1.54) is 11.9 Å². The Morgan fingerprint density at radius 3 is 3.04 bits per heavy atom. The fourth-order valence-electron chi connectivity index (χ4n) is 2.80. The van der Waals surface area contributed by atoms with E-state index in [-0.39, 0.29) is 5.69 Å². The molecule has 114 valence electrons. The van der Waals surface area contributed by atoms with Gasteiger partial charge < -0.3 is 15.4 Å². The molecule has 1 aliphatic heterocycles. The second-order valence-electron chi connectivity index (χ2n) is 5.38. The minimum Gasteiger partial charge on any atom is -0.477 e. The van der Waals surface area contributed by atoms with Gasteiger partial charge in [0.25, 0.3) is 0 Å². The number of nitrogens with one attached hydrogen (secondary N) is 2. The lowest BCUT2D eigenvalue weighted by Gasteiger charge is -2.08. The van der Waals surface area contributed by atoms with Crippen molar-refractivity contribution in [1.29, 1.82) is 0 Å². The highest BCUT2D eigenvalue weighted by Gasteiger charge is 2.18. The first-order valence-corrected chi connectivity index (χ1v) is 7.10. The number of aryl methyl sites for hydroxylation is 1. The highest BCUT2D eigenvalue weighted by atomic mass is 16.4. The number of fused-ring (bicyclic) bond motifs is 2. The van der Waals surface area contributed by atoms with Crippen LogP contribution in [0.2, 0.25) is 0 Å². The zero-order chi connectivity index (χ0) is 16.0. The van der Waals surface area contributed by atoms with E-state index in [9.17, 15) is 9.90 Å². The van der Waals surface area contributed by atoms with Crippen LogP contribution in [-0.4, -0.2) is 32.2 Å². The van der Waals surface area contributed by atoms with Gasteiger partial charge in [-0.2, -0.15) is 0 Å². The third kappa shape index (κ3) is 2.13. The minimum absolute atomic E-state index is 0.129.